The number of nitrogens with zero attached hydrogens (tertiary/aromatic N) is 2. The second kappa shape index (κ2) is 6.11. The van der Waals surface area contributed by atoms with E-state index in [1.165, 1.54) is 0 Å². The number of hydrogen-bond acceptors (Lipinski definition) is 5. The maximum atomic E-state index is 10.8. The topological polar surface area (TPSA) is 75.1 Å². The van der Waals surface area contributed by atoms with Crippen LogP contribution < -0.4 is 5.32 Å². The molecule has 0 fully saturated rings. The summed E-state index contributed by atoms with van der Waals surface area (Å²) in [5.74, 6) is 0.361. The lowest BCUT2D eigenvalue weighted by Crippen LogP contribution is -2.14. The molecule has 5 nitrogen and oxygen atoms in total. The average Bonchev–Trinajstić information content (AvgIpc) is 2.86. The van der Waals surface area contributed by atoms with Crippen molar-refractivity contribution in [1.29, 1.82) is 0 Å². The summed E-state index contributed by atoms with van der Waals surface area (Å²) in [6, 6.07) is 12.0. The van der Waals surface area contributed by atoms with Crippen LogP contribution in [0.2, 0.25) is 0 Å². The lowest BCUT2D eigenvalue weighted by Gasteiger charge is -2.07. The SMILES string of the molecule is Cc1cc2c(NCC(=O)O)nc(Cc3ccccc3)nc2s1. The predicted octanol–water partition coefficient (Wildman–Crippen LogP) is 3.09. The molecule has 3 aromatic rings. The molecule has 1 aromatic carbocycles. The number of fused-ring (bicyclic) bond motifs is 1. The first-order valence-corrected chi connectivity index (χ1v) is 7.70. The number of thiophene rings is 1. The van der Waals surface area contributed by atoms with E-state index in [2.05, 4.69) is 15.3 Å². The maximum Gasteiger partial charge on any atom is 0.322 e. The first-order valence-electron chi connectivity index (χ1n) is 6.88. The number of aryl methyl sites for hydroxylation is 1. The predicted molar refractivity (Wildman–Crippen MR) is 87.5 cm³/mol. The Morgan fingerprint density at radius 3 is 2.77 bits per heavy atom. The van der Waals surface area contributed by atoms with E-state index in [-0.39, 0.29) is 6.54 Å². The number of carbonyl (C=O) groups is 1. The zero-order chi connectivity index (χ0) is 15.5. The lowest BCUT2D eigenvalue weighted by atomic mass is 10.1. The summed E-state index contributed by atoms with van der Waals surface area (Å²) in [5.41, 5.74) is 1.12. The van der Waals surface area contributed by atoms with Gasteiger partial charge in [-0.1, -0.05) is 30.3 Å². The highest BCUT2D eigenvalue weighted by atomic mass is 32.1. The van der Waals surface area contributed by atoms with E-state index in [4.69, 9.17) is 5.11 Å². The van der Waals surface area contributed by atoms with Gasteiger partial charge in [0.25, 0.3) is 0 Å². The van der Waals surface area contributed by atoms with Crippen LogP contribution in [0.1, 0.15) is 16.3 Å². The zero-order valence-corrected chi connectivity index (χ0v) is 12.9. The molecule has 112 valence electrons. The fourth-order valence-electron chi connectivity index (χ4n) is 2.24. The van der Waals surface area contributed by atoms with Gasteiger partial charge in [-0.3, -0.25) is 4.79 Å². The molecule has 0 aliphatic heterocycles. The quantitative estimate of drug-likeness (QED) is 0.757. The largest absolute Gasteiger partial charge is 0.480 e. The Morgan fingerprint density at radius 2 is 2.05 bits per heavy atom. The van der Waals surface area contributed by atoms with Crippen molar-refractivity contribution in [1.82, 2.24) is 9.97 Å². The van der Waals surface area contributed by atoms with E-state index in [0.29, 0.717) is 18.1 Å². The van der Waals surface area contributed by atoms with Crippen molar-refractivity contribution in [3.05, 3.63) is 52.7 Å². The smallest absolute Gasteiger partial charge is 0.322 e. The molecule has 0 radical (unpaired) electrons. The van der Waals surface area contributed by atoms with Crippen molar-refractivity contribution in [3.8, 4) is 0 Å². The second-order valence-electron chi connectivity index (χ2n) is 4.97. The van der Waals surface area contributed by atoms with Gasteiger partial charge >= 0.3 is 5.97 Å². The third-order valence-electron chi connectivity index (χ3n) is 3.17. The van der Waals surface area contributed by atoms with Gasteiger partial charge < -0.3 is 10.4 Å². The van der Waals surface area contributed by atoms with Crippen molar-refractivity contribution in [2.75, 3.05) is 11.9 Å². The summed E-state index contributed by atoms with van der Waals surface area (Å²) >= 11 is 1.59. The second-order valence-corrected chi connectivity index (χ2v) is 6.21. The normalized spacial score (nSPS) is 10.8. The van der Waals surface area contributed by atoms with E-state index < -0.39 is 5.97 Å². The minimum Gasteiger partial charge on any atom is -0.480 e. The van der Waals surface area contributed by atoms with Crippen molar-refractivity contribution in [3.63, 3.8) is 0 Å². The lowest BCUT2D eigenvalue weighted by molar-refractivity contribution is -0.134. The fourth-order valence-corrected chi connectivity index (χ4v) is 3.14. The molecule has 0 spiro atoms. The molecule has 0 saturated carbocycles. The van der Waals surface area contributed by atoms with Crippen LogP contribution in [0.4, 0.5) is 5.82 Å². The number of nitrogens with one attached hydrogen (secondary N) is 1. The average molecular weight is 313 g/mol. The van der Waals surface area contributed by atoms with E-state index in [9.17, 15) is 4.79 Å². The van der Waals surface area contributed by atoms with E-state index in [1.54, 1.807) is 11.3 Å². The van der Waals surface area contributed by atoms with Gasteiger partial charge in [0.05, 0.1) is 5.39 Å². The van der Waals surface area contributed by atoms with E-state index in [1.807, 2.05) is 43.3 Å². The van der Waals surface area contributed by atoms with Crippen LogP contribution in [0.15, 0.2) is 36.4 Å². The molecule has 2 heterocycles. The third-order valence-corrected chi connectivity index (χ3v) is 4.12. The summed E-state index contributed by atoms with van der Waals surface area (Å²) in [6.45, 7) is 1.84. The van der Waals surface area contributed by atoms with Gasteiger partial charge in [0.1, 0.15) is 23.0 Å². The Hall–Kier alpha value is -2.47. The van der Waals surface area contributed by atoms with Crippen LogP contribution in [0.25, 0.3) is 10.2 Å². The number of aromatic nitrogens is 2. The molecule has 3 rings (SSSR count). The summed E-state index contributed by atoms with van der Waals surface area (Å²) < 4.78 is 0. The molecular formula is C16H15N3O2S. The molecule has 2 N–H and O–H groups in total. The van der Waals surface area contributed by atoms with Gasteiger partial charge in [-0.15, -0.1) is 11.3 Å². The molecule has 0 bridgehead atoms. The van der Waals surface area contributed by atoms with Crippen molar-refractivity contribution in [2.45, 2.75) is 13.3 Å². The summed E-state index contributed by atoms with van der Waals surface area (Å²) in [4.78, 5) is 21.9. The molecule has 0 aliphatic rings. The van der Waals surface area contributed by atoms with Crippen LogP contribution in [0, 0.1) is 6.92 Å². The number of carboxylic acids is 1. The van der Waals surface area contributed by atoms with Crippen LogP contribution in [-0.2, 0) is 11.2 Å². The number of benzene rings is 1. The van der Waals surface area contributed by atoms with Crippen molar-refractivity contribution < 1.29 is 9.90 Å². The Labute approximate surface area is 131 Å². The van der Waals surface area contributed by atoms with Gasteiger partial charge in [0.15, 0.2) is 0 Å². The zero-order valence-electron chi connectivity index (χ0n) is 12.0. The molecule has 0 aliphatic carbocycles. The summed E-state index contributed by atoms with van der Waals surface area (Å²) in [7, 11) is 0. The summed E-state index contributed by atoms with van der Waals surface area (Å²) in [6.07, 6.45) is 0.621. The van der Waals surface area contributed by atoms with Gasteiger partial charge in [-0.05, 0) is 18.6 Å². The van der Waals surface area contributed by atoms with Crippen LogP contribution >= 0.6 is 11.3 Å². The molecule has 22 heavy (non-hydrogen) atoms. The Kier molecular flexibility index (Phi) is 4.02. The minimum atomic E-state index is -0.914. The van der Waals surface area contributed by atoms with Gasteiger partial charge in [-0.2, -0.15) is 0 Å². The van der Waals surface area contributed by atoms with Gasteiger partial charge in [0.2, 0.25) is 0 Å². The highest BCUT2D eigenvalue weighted by Crippen LogP contribution is 2.28. The first-order chi connectivity index (χ1) is 10.6. The molecular weight excluding hydrogens is 298 g/mol. The Morgan fingerprint density at radius 1 is 1.27 bits per heavy atom. The first kappa shape index (κ1) is 14.5. The van der Waals surface area contributed by atoms with E-state index >= 15 is 0 Å². The monoisotopic (exact) mass is 313 g/mol. The highest BCUT2D eigenvalue weighted by Gasteiger charge is 2.11. The highest BCUT2D eigenvalue weighted by molar-refractivity contribution is 7.18. The number of hydrogen-bond donors (Lipinski definition) is 2. The van der Waals surface area contributed by atoms with Crippen molar-refractivity contribution in [2.24, 2.45) is 0 Å². The van der Waals surface area contributed by atoms with Crippen molar-refractivity contribution >= 4 is 33.3 Å². The van der Waals surface area contributed by atoms with Crippen LogP contribution in [0.3, 0.4) is 0 Å². The standard InChI is InChI=1S/C16H15N3O2S/c1-10-7-12-15(17-9-14(20)21)18-13(19-16(12)22-10)8-11-5-3-2-4-6-11/h2-7H,8-9H2,1H3,(H,20,21)(H,17,18,19). The molecule has 0 amide bonds. The number of carboxylic acid groups (broad SMARTS) is 1. The molecule has 2 aromatic heterocycles. The molecule has 0 unspecified atom stereocenters. The molecule has 0 atom stereocenters. The Bertz CT molecular complexity index is 815. The molecule has 6 heteroatoms. The van der Waals surface area contributed by atoms with Crippen LogP contribution in [-0.4, -0.2) is 27.6 Å². The third kappa shape index (κ3) is 3.23. The fraction of sp³-hybridized carbons (Fsp3) is 0.188. The summed E-state index contributed by atoms with van der Waals surface area (Å²) in [5, 5.41) is 12.6. The van der Waals surface area contributed by atoms with Crippen LogP contribution in [0.5, 0.6) is 0 Å². The van der Waals surface area contributed by atoms with Gasteiger partial charge in [-0.25, -0.2) is 9.97 Å². The van der Waals surface area contributed by atoms with Gasteiger partial charge in [0, 0.05) is 11.3 Å². The minimum absolute atomic E-state index is 0.161. The maximum absolute atomic E-state index is 10.8. The number of rotatable bonds is 5. The van der Waals surface area contributed by atoms with E-state index in [0.717, 1.165) is 20.7 Å². The Balaban J connectivity index is 1.98. The number of aliphatic carboxylic acids is 1. The number of anilines is 1. The molecule has 0 saturated heterocycles.